The number of halogens is 1. The van der Waals surface area contributed by atoms with E-state index in [1.54, 1.807) is 0 Å². The number of aromatic nitrogens is 2. The monoisotopic (exact) mass is 331 g/mol. The molecule has 4 rings (SSSR count). The minimum Gasteiger partial charge on any atom is -0.366 e. The van der Waals surface area contributed by atoms with Gasteiger partial charge in [0.05, 0.1) is 18.1 Å². The summed E-state index contributed by atoms with van der Waals surface area (Å²) in [7, 11) is 0. The van der Waals surface area contributed by atoms with Gasteiger partial charge in [-0.15, -0.1) is 12.4 Å². The number of benzene rings is 1. The maximum atomic E-state index is 4.50. The summed E-state index contributed by atoms with van der Waals surface area (Å²) in [4.78, 5) is 11.3. The van der Waals surface area contributed by atoms with Gasteiger partial charge in [0.15, 0.2) is 0 Å². The molecule has 1 saturated heterocycles. The van der Waals surface area contributed by atoms with Gasteiger partial charge in [-0.25, -0.2) is 9.97 Å². The minimum absolute atomic E-state index is 0. The topological polar surface area (TPSA) is 53.1 Å². The van der Waals surface area contributed by atoms with Crippen LogP contribution in [-0.2, 0) is 12.8 Å². The number of anilines is 2. The van der Waals surface area contributed by atoms with Crippen LogP contribution in [0, 0.1) is 0 Å². The summed E-state index contributed by atoms with van der Waals surface area (Å²) in [6.07, 6.45) is 5.98. The fourth-order valence-electron chi connectivity index (χ4n) is 3.33. The lowest BCUT2D eigenvalue weighted by Gasteiger charge is -2.28. The third kappa shape index (κ3) is 3.57. The second kappa shape index (κ2) is 7.15. The molecule has 0 radical (unpaired) electrons. The van der Waals surface area contributed by atoms with E-state index < -0.39 is 0 Å². The van der Waals surface area contributed by atoms with Gasteiger partial charge in [0.25, 0.3) is 0 Å². The smallest absolute Gasteiger partial charge is 0.222 e. The molecule has 2 N–H and O–H groups in total. The van der Waals surface area contributed by atoms with Crippen molar-refractivity contribution < 1.29 is 0 Å². The molecule has 0 bridgehead atoms. The first-order chi connectivity index (χ1) is 10.9. The lowest BCUT2D eigenvalue weighted by Crippen LogP contribution is -2.43. The van der Waals surface area contributed by atoms with Crippen LogP contribution in [0.4, 0.5) is 11.6 Å². The highest BCUT2D eigenvalue weighted by Crippen LogP contribution is 2.23. The highest BCUT2D eigenvalue weighted by Gasteiger charge is 2.21. The van der Waals surface area contributed by atoms with Crippen molar-refractivity contribution in [3.05, 3.63) is 47.8 Å². The Balaban J connectivity index is 0.00000156. The van der Waals surface area contributed by atoms with Crippen molar-refractivity contribution in [3.63, 3.8) is 0 Å². The molecule has 0 spiro atoms. The van der Waals surface area contributed by atoms with Crippen LogP contribution in [0.3, 0.4) is 0 Å². The average Bonchev–Trinajstić information content (AvgIpc) is 2.98. The molecule has 1 aromatic heterocycles. The first-order valence-electron chi connectivity index (χ1n) is 7.99. The van der Waals surface area contributed by atoms with Gasteiger partial charge >= 0.3 is 0 Å². The van der Waals surface area contributed by atoms with E-state index in [4.69, 9.17) is 0 Å². The van der Waals surface area contributed by atoms with Crippen molar-refractivity contribution in [1.29, 1.82) is 0 Å². The highest BCUT2D eigenvalue weighted by molar-refractivity contribution is 5.85. The minimum atomic E-state index is 0. The molecule has 0 amide bonds. The Hall–Kier alpha value is -1.85. The molecular weight excluding hydrogens is 310 g/mol. The molecule has 122 valence electrons. The van der Waals surface area contributed by atoms with Crippen LogP contribution in [0.5, 0.6) is 0 Å². The molecule has 0 saturated carbocycles. The van der Waals surface area contributed by atoms with E-state index in [1.807, 2.05) is 12.4 Å². The quantitative estimate of drug-likeness (QED) is 0.899. The number of nitrogens with zero attached hydrogens (tertiary/aromatic N) is 3. The zero-order valence-electron chi connectivity index (χ0n) is 13.0. The van der Waals surface area contributed by atoms with Gasteiger partial charge in [0.2, 0.25) is 5.95 Å². The maximum Gasteiger partial charge on any atom is 0.222 e. The van der Waals surface area contributed by atoms with Gasteiger partial charge in [-0.05, 0) is 24.0 Å². The number of piperazine rings is 1. The Bertz CT molecular complexity index is 615. The molecule has 2 aromatic rings. The predicted octanol–water partition coefficient (Wildman–Crippen LogP) is 1.89. The first kappa shape index (κ1) is 16.0. The van der Waals surface area contributed by atoms with Gasteiger partial charge in [-0.1, -0.05) is 24.3 Å². The molecule has 23 heavy (non-hydrogen) atoms. The van der Waals surface area contributed by atoms with E-state index in [9.17, 15) is 0 Å². The zero-order chi connectivity index (χ0) is 14.8. The summed E-state index contributed by atoms with van der Waals surface area (Å²) < 4.78 is 0. The Morgan fingerprint density at radius 1 is 1.00 bits per heavy atom. The molecule has 1 aliphatic heterocycles. The van der Waals surface area contributed by atoms with Crippen LogP contribution in [0.15, 0.2) is 36.7 Å². The molecule has 1 aromatic carbocycles. The molecule has 6 heteroatoms. The number of nitrogens with one attached hydrogen (secondary N) is 2. The lowest BCUT2D eigenvalue weighted by molar-refractivity contribution is 0.588. The van der Waals surface area contributed by atoms with Crippen molar-refractivity contribution >= 4 is 24.0 Å². The second-order valence-corrected chi connectivity index (χ2v) is 6.02. The summed E-state index contributed by atoms with van der Waals surface area (Å²) in [5.74, 6) is 0.733. The molecule has 1 fully saturated rings. The van der Waals surface area contributed by atoms with Crippen molar-refractivity contribution in [3.8, 4) is 0 Å². The van der Waals surface area contributed by atoms with Gasteiger partial charge in [0, 0.05) is 32.2 Å². The largest absolute Gasteiger partial charge is 0.366 e. The average molecular weight is 332 g/mol. The fraction of sp³-hybridized carbons (Fsp3) is 0.412. The van der Waals surface area contributed by atoms with Crippen molar-refractivity contribution in [2.45, 2.75) is 18.9 Å². The Morgan fingerprint density at radius 3 is 2.22 bits per heavy atom. The van der Waals surface area contributed by atoms with Crippen LogP contribution in [0.2, 0.25) is 0 Å². The van der Waals surface area contributed by atoms with Crippen LogP contribution >= 0.6 is 12.4 Å². The number of fused-ring (bicyclic) bond motifs is 1. The van der Waals surface area contributed by atoms with E-state index in [2.05, 4.69) is 49.8 Å². The summed E-state index contributed by atoms with van der Waals surface area (Å²) in [6.45, 7) is 4.10. The first-order valence-corrected chi connectivity index (χ1v) is 7.99. The third-order valence-electron chi connectivity index (χ3n) is 4.50. The standard InChI is InChI=1S/C17H21N5.ClH/c1-2-4-14-10-15(9-13(14)3-1)21-17-19-11-16(12-20-17)22-7-5-18-6-8-22;/h1-4,11-12,15,18H,5-10H2,(H,19,20,21);1H. The van der Waals surface area contributed by atoms with Gasteiger partial charge in [-0.2, -0.15) is 0 Å². The molecule has 5 nitrogen and oxygen atoms in total. The molecular formula is C17H22ClN5. The van der Waals surface area contributed by atoms with E-state index in [-0.39, 0.29) is 12.4 Å². The van der Waals surface area contributed by atoms with Gasteiger partial charge in [-0.3, -0.25) is 0 Å². The van der Waals surface area contributed by atoms with E-state index in [0.29, 0.717) is 6.04 Å². The van der Waals surface area contributed by atoms with Gasteiger partial charge in [0.1, 0.15) is 0 Å². The number of rotatable bonds is 3. The Kier molecular flexibility index (Phi) is 4.98. The molecule has 0 atom stereocenters. The maximum absolute atomic E-state index is 4.50. The summed E-state index contributed by atoms with van der Waals surface area (Å²) >= 11 is 0. The summed E-state index contributed by atoms with van der Waals surface area (Å²) in [6, 6.07) is 9.05. The fourth-order valence-corrected chi connectivity index (χ4v) is 3.33. The van der Waals surface area contributed by atoms with Crippen molar-refractivity contribution in [1.82, 2.24) is 15.3 Å². The molecule has 0 unspecified atom stereocenters. The van der Waals surface area contributed by atoms with E-state index in [0.717, 1.165) is 50.7 Å². The van der Waals surface area contributed by atoms with Crippen LogP contribution < -0.4 is 15.5 Å². The lowest BCUT2D eigenvalue weighted by atomic mass is 10.1. The van der Waals surface area contributed by atoms with Gasteiger partial charge < -0.3 is 15.5 Å². The van der Waals surface area contributed by atoms with E-state index >= 15 is 0 Å². The van der Waals surface area contributed by atoms with Crippen LogP contribution in [0.1, 0.15) is 11.1 Å². The Labute approximate surface area is 142 Å². The predicted molar refractivity (Wildman–Crippen MR) is 95.6 cm³/mol. The molecule has 1 aliphatic carbocycles. The second-order valence-electron chi connectivity index (χ2n) is 6.02. The zero-order valence-corrected chi connectivity index (χ0v) is 13.9. The molecule has 2 aliphatic rings. The molecule has 2 heterocycles. The summed E-state index contributed by atoms with van der Waals surface area (Å²) in [5, 5.41) is 6.82. The normalized spacial score (nSPS) is 17.5. The SMILES string of the molecule is Cl.c1ccc2c(c1)CC(Nc1ncc(N3CCNCC3)cn1)C2. The van der Waals surface area contributed by atoms with Crippen molar-refractivity contribution in [2.24, 2.45) is 0 Å². The van der Waals surface area contributed by atoms with E-state index in [1.165, 1.54) is 11.1 Å². The summed E-state index contributed by atoms with van der Waals surface area (Å²) in [5.41, 5.74) is 4.00. The number of hydrogen-bond acceptors (Lipinski definition) is 5. The van der Waals surface area contributed by atoms with Crippen LogP contribution in [0.25, 0.3) is 0 Å². The highest BCUT2D eigenvalue weighted by atomic mass is 35.5. The van der Waals surface area contributed by atoms with Crippen LogP contribution in [-0.4, -0.2) is 42.2 Å². The number of hydrogen-bond donors (Lipinski definition) is 2. The Morgan fingerprint density at radius 2 is 1.61 bits per heavy atom. The third-order valence-corrected chi connectivity index (χ3v) is 4.50. The van der Waals surface area contributed by atoms with Crippen molar-refractivity contribution in [2.75, 3.05) is 36.4 Å².